The lowest BCUT2D eigenvalue weighted by molar-refractivity contribution is -0.142. The molecule has 0 radical (unpaired) electrons. The van der Waals surface area contributed by atoms with E-state index >= 15 is 0 Å². The van der Waals surface area contributed by atoms with Crippen molar-refractivity contribution in [3.05, 3.63) is 86.8 Å². The summed E-state index contributed by atoms with van der Waals surface area (Å²) in [6, 6.07) is 15.8. The second-order valence-electron chi connectivity index (χ2n) is 7.64. The molecule has 0 bridgehead atoms. The number of hydrogen-bond acceptors (Lipinski definition) is 6. The molecule has 172 valence electrons. The summed E-state index contributed by atoms with van der Waals surface area (Å²) in [6.45, 7) is 3.21. The Bertz CT molecular complexity index is 1160. The molecule has 0 spiro atoms. The molecule has 0 aliphatic heterocycles. The first-order valence-corrected chi connectivity index (χ1v) is 11.6. The fraction of sp³-hybridized carbons (Fsp3) is 0.240. The van der Waals surface area contributed by atoms with Crippen LogP contribution in [0.5, 0.6) is 0 Å². The highest BCUT2D eigenvalue weighted by atomic mass is 35.5. The van der Waals surface area contributed by atoms with E-state index < -0.39 is 6.04 Å². The Kier molecular flexibility index (Phi) is 8.38. The summed E-state index contributed by atoms with van der Waals surface area (Å²) in [4.78, 5) is 37.3. The van der Waals surface area contributed by atoms with Gasteiger partial charge < -0.3 is 15.8 Å². The highest BCUT2D eigenvalue weighted by Crippen LogP contribution is 2.32. The number of amides is 1. The number of esters is 1. The van der Waals surface area contributed by atoms with Crippen molar-refractivity contribution in [1.82, 2.24) is 0 Å². The van der Waals surface area contributed by atoms with E-state index in [0.29, 0.717) is 27.6 Å². The maximum absolute atomic E-state index is 13.2. The molecule has 0 aliphatic carbocycles. The minimum atomic E-state index is -0.704. The monoisotopic (exact) mass is 484 g/mol. The number of carbonyl (C=O) groups is 3. The van der Waals surface area contributed by atoms with E-state index in [0.717, 1.165) is 22.4 Å². The Morgan fingerprint density at radius 3 is 2.33 bits per heavy atom. The molecule has 6 nitrogen and oxygen atoms in total. The van der Waals surface area contributed by atoms with E-state index in [1.54, 1.807) is 31.2 Å². The number of ether oxygens (including phenoxy) is 1. The molecule has 0 aliphatic rings. The Balaban J connectivity index is 1.78. The van der Waals surface area contributed by atoms with Crippen LogP contribution in [0.25, 0.3) is 0 Å². The lowest BCUT2D eigenvalue weighted by Gasteiger charge is -2.08. The average molecular weight is 485 g/mol. The Morgan fingerprint density at radius 2 is 1.70 bits per heavy atom. The van der Waals surface area contributed by atoms with E-state index in [2.05, 4.69) is 5.32 Å². The van der Waals surface area contributed by atoms with Crippen LogP contribution in [0.4, 0.5) is 5.00 Å². The molecule has 3 rings (SSSR count). The van der Waals surface area contributed by atoms with Crippen molar-refractivity contribution in [3.8, 4) is 0 Å². The van der Waals surface area contributed by atoms with Gasteiger partial charge in [-0.3, -0.25) is 14.4 Å². The van der Waals surface area contributed by atoms with Crippen molar-refractivity contribution < 1.29 is 19.1 Å². The van der Waals surface area contributed by atoms with Crippen LogP contribution >= 0.6 is 22.9 Å². The molecule has 1 amide bonds. The minimum absolute atomic E-state index is 0.247. The number of carbonyl (C=O) groups excluding carboxylic acids is 3. The molecule has 33 heavy (non-hydrogen) atoms. The molecule has 3 N–H and O–H groups in total. The zero-order valence-corrected chi connectivity index (χ0v) is 20.0. The quantitative estimate of drug-likeness (QED) is 0.337. The molecular formula is C25H25ClN2O4S. The second kappa shape index (κ2) is 11.2. The summed E-state index contributed by atoms with van der Waals surface area (Å²) in [7, 11) is 0. The van der Waals surface area contributed by atoms with Crippen molar-refractivity contribution in [3.63, 3.8) is 0 Å². The summed E-state index contributed by atoms with van der Waals surface area (Å²) in [6.07, 6.45) is 1.43. The molecule has 0 fully saturated rings. The molecule has 1 atom stereocenters. The van der Waals surface area contributed by atoms with Crippen molar-refractivity contribution in [1.29, 1.82) is 0 Å². The fourth-order valence-electron chi connectivity index (χ4n) is 3.10. The van der Waals surface area contributed by atoms with Crippen LogP contribution in [0.15, 0.2) is 54.6 Å². The maximum atomic E-state index is 13.2. The molecule has 8 heteroatoms. The van der Waals surface area contributed by atoms with Gasteiger partial charge in [0.1, 0.15) is 11.6 Å². The number of aryl methyl sites for hydroxylation is 2. The number of hydrogen-bond donors (Lipinski definition) is 2. The molecule has 0 saturated heterocycles. The normalized spacial score (nSPS) is 11.6. The van der Waals surface area contributed by atoms with Gasteiger partial charge in [0.25, 0.3) is 0 Å². The van der Waals surface area contributed by atoms with E-state index in [1.807, 2.05) is 30.3 Å². The van der Waals surface area contributed by atoms with Crippen molar-refractivity contribution in [2.24, 2.45) is 5.73 Å². The Labute approximate surface area is 201 Å². The topological polar surface area (TPSA) is 98.5 Å². The third kappa shape index (κ3) is 6.74. The van der Waals surface area contributed by atoms with Gasteiger partial charge in [-0.2, -0.15) is 0 Å². The Hall–Kier alpha value is -3.00. The first kappa shape index (κ1) is 24.6. The zero-order chi connectivity index (χ0) is 24.0. The number of halogens is 1. The van der Waals surface area contributed by atoms with Crippen LogP contribution in [-0.2, 0) is 33.8 Å². The predicted molar refractivity (Wildman–Crippen MR) is 131 cm³/mol. The maximum Gasteiger partial charge on any atom is 0.302 e. The van der Waals surface area contributed by atoms with E-state index in [-0.39, 0.29) is 24.3 Å². The molecule has 2 aromatic carbocycles. The van der Waals surface area contributed by atoms with Crippen LogP contribution in [0.1, 0.15) is 45.8 Å². The molecule has 1 aromatic heterocycles. The first-order chi connectivity index (χ1) is 15.7. The number of rotatable bonds is 9. The minimum Gasteiger partial charge on any atom is -0.461 e. The number of nitrogens with two attached hydrogens (primary N) is 1. The van der Waals surface area contributed by atoms with Gasteiger partial charge in [0, 0.05) is 17.4 Å². The first-order valence-electron chi connectivity index (χ1n) is 10.4. The van der Waals surface area contributed by atoms with E-state index in [1.165, 1.54) is 18.3 Å². The van der Waals surface area contributed by atoms with Crippen LogP contribution in [0.2, 0.25) is 5.02 Å². The number of thiophene rings is 1. The summed E-state index contributed by atoms with van der Waals surface area (Å²) in [5, 5.41) is 3.60. The number of ketones is 1. The van der Waals surface area contributed by atoms with Gasteiger partial charge in [0.2, 0.25) is 5.91 Å². The molecular weight excluding hydrogens is 460 g/mol. The fourth-order valence-corrected chi connectivity index (χ4v) is 4.38. The smallest absolute Gasteiger partial charge is 0.302 e. The lowest BCUT2D eigenvalue weighted by atomic mass is 10.0. The molecule has 0 saturated carbocycles. The summed E-state index contributed by atoms with van der Waals surface area (Å²) < 4.78 is 5.01. The van der Waals surface area contributed by atoms with Gasteiger partial charge in [-0.25, -0.2) is 0 Å². The summed E-state index contributed by atoms with van der Waals surface area (Å²) >= 11 is 7.58. The molecule has 1 unspecified atom stereocenters. The summed E-state index contributed by atoms with van der Waals surface area (Å²) in [5.41, 5.74) is 8.49. The largest absolute Gasteiger partial charge is 0.461 e. The average Bonchev–Trinajstić information content (AvgIpc) is 3.19. The van der Waals surface area contributed by atoms with Gasteiger partial charge in [0.05, 0.1) is 16.6 Å². The van der Waals surface area contributed by atoms with Crippen LogP contribution in [-0.4, -0.2) is 23.7 Å². The standard InChI is InChI=1S/C25H25ClN2O4S/c1-15(27)24(31)28-25-21(23(30)20-5-3-4-6-22(20)26)13-19(33-25)12-11-17-7-9-18(10-8-17)14-32-16(2)29/h3-10,13,15H,11-12,14,27H2,1-2H3,(H,28,31). The van der Waals surface area contributed by atoms with Crippen LogP contribution in [0.3, 0.4) is 0 Å². The van der Waals surface area contributed by atoms with Crippen LogP contribution in [0, 0.1) is 0 Å². The zero-order valence-electron chi connectivity index (χ0n) is 18.4. The van der Waals surface area contributed by atoms with Crippen molar-refractivity contribution in [2.75, 3.05) is 5.32 Å². The number of benzene rings is 2. The van der Waals surface area contributed by atoms with Gasteiger partial charge >= 0.3 is 5.97 Å². The predicted octanol–water partition coefficient (Wildman–Crippen LogP) is 4.77. The lowest BCUT2D eigenvalue weighted by Crippen LogP contribution is -2.32. The van der Waals surface area contributed by atoms with Crippen LogP contribution < -0.4 is 11.1 Å². The van der Waals surface area contributed by atoms with Gasteiger partial charge in [0.15, 0.2) is 5.78 Å². The third-order valence-electron chi connectivity index (χ3n) is 4.92. The van der Waals surface area contributed by atoms with Gasteiger partial charge in [-0.15, -0.1) is 11.3 Å². The molecule has 3 aromatic rings. The van der Waals surface area contributed by atoms with Crippen molar-refractivity contribution in [2.45, 2.75) is 39.3 Å². The Morgan fingerprint density at radius 1 is 1.03 bits per heavy atom. The highest BCUT2D eigenvalue weighted by Gasteiger charge is 2.22. The molecule has 1 heterocycles. The van der Waals surface area contributed by atoms with Gasteiger partial charge in [-0.1, -0.05) is 48.0 Å². The van der Waals surface area contributed by atoms with Gasteiger partial charge in [-0.05, 0) is 49.1 Å². The number of nitrogens with one attached hydrogen (secondary N) is 1. The third-order valence-corrected chi connectivity index (χ3v) is 6.36. The second-order valence-corrected chi connectivity index (χ2v) is 9.18. The number of anilines is 1. The van der Waals surface area contributed by atoms with E-state index in [4.69, 9.17) is 22.1 Å². The van der Waals surface area contributed by atoms with Crippen molar-refractivity contribution >= 4 is 45.6 Å². The summed E-state index contributed by atoms with van der Waals surface area (Å²) in [5.74, 6) is -0.927. The SMILES string of the molecule is CC(=O)OCc1ccc(CCc2cc(C(=O)c3ccccc3Cl)c(NC(=O)C(C)N)s2)cc1. The highest BCUT2D eigenvalue weighted by molar-refractivity contribution is 7.16. The van der Waals surface area contributed by atoms with E-state index in [9.17, 15) is 14.4 Å².